The molecule has 0 aromatic heterocycles. The summed E-state index contributed by atoms with van der Waals surface area (Å²) in [5.74, 6) is 0.640. The van der Waals surface area contributed by atoms with E-state index in [1.165, 1.54) is 38.6 Å². The number of unbranched alkanes of at least 4 members (excludes halogenated alkanes) is 1. The highest BCUT2D eigenvalue weighted by Gasteiger charge is 2.40. The first kappa shape index (κ1) is 14.9. The Hall–Kier alpha value is -0.120. The molecule has 0 spiro atoms. The van der Waals surface area contributed by atoms with Crippen molar-refractivity contribution in [2.24, 2.45) is 5.92 Å². The Morgan fingerprint density at radius 3 is 2.76 bits per heavy atom. The van der Waals surface area contributed by atoms with Crippen LogP contribution in [0.15, 0.2) is 0 Å². The third-order valence-electron chi connectivity index (χ3n) is 4.49. The molecule has 0 heterocycles. The van der Waals surface area contributed by atoms with Crippen molar-refractivity contribution in [1.29, 1.82) is 0 Å². The first-order valence-corrected chi connectivity index (χ1v) is 7.17. The van der Waals surface area contributed by atoms with Crippen LogP contribution in [0.25, 0.3) is 0 Å². The molecule has 0 amide bonds. The summed E-state index contributed by atoms with van der Waals surface area (Å²) in [5.41, 5.74) is 0.00555. The Labute approximate surface area is 107 Å². The van der Waals surface area contributed by atoms with Gasteiger partial charge in [0.25, 0.3) is 0 Å². The lowest BCUT2D eigenvalue weighted by atomic mass is 9.85. The lowest BCUT2D eigenvalue weighted by Crippen LogP contribution is -2.50. The second-order valence-corrected chi connectivity index (χ2v) is 5.60. The van der Waals surface area contributed by atoms with Crippen LogP contribution in [0.3, 0.4) is 0 Å². The summed E-state index contributed by atoms with van der Waals surface area (Å²) < 4.78 is 0. The molecule has 3 nitrogen and oxygen atoms in total. The lowest BCUT2D eigenvalue weighted by molar-refractivity contribution is 0.120. The second kappa shape index (κ2) is 7.34. The van der Waals surface area contributed by atoms with Crippen molar-refractivity contribution in [1.82, 2.24) is 10.2 Å². The number of aliphatic hydroxyl groups excluding tert-OH is 1. The van der Waals surface area contributed by atoms with Gasteiger partial charge in [0, 0.05) is 5.54 Å². The molecule has 0 saturated heterocycles. The molecule has 17 heavy (non-hydrogen) atoms. The van der Waals surface area contributed by atoms with E-state index in [0.29, 0.717) is 5.92 Å². The van der Waals surface area contributed by atoms with Gasteiger partial charge in [0.2, 0.25) is 0 Å². The predicted octanol–water partition coefficient (Wildman–Crippen LogP) is 1.86. The highest BCUT2D eigenvalue weighted by molar-refractivity contribution is 4.98. The first-order chi connectivity index (χ1) is 8.18. The summed E-state index contributed by atoms with van der Waals surface area (Å²) in [6.07, 6.45) is 7.42. The number of hydrogen-bond acceptors (Lipinski definition) is 3. The number of aliphatic hydroxyl groups is 1. The topological polar surface area (TPSA) is 35.5 Å². The summed E-state index contributed by atoms with van der Waals surface area (Å²) in [7, 11) is 4.21. The molecule has 0 bridgehead atoms. The van der Waals surface area contributed by atoms with Crippen LogP contribution in [0, 0.1) is 5.92 Å². The third-order valence-corrected chi connectivity index (χ3v) is 4.49. The molecule has 102 valence electrons. The maximum absolute atomic E-state index is 9.62. The van der Waals surface area contributed by atoms with Crippen LogP contribution in [-0.4, -0.2) is 49.3 Å². The molecular formula is C14H30N2O. The molecule has 2 atom stereocenters. The maximum Gasteiger partial charge on any atom is 0.0615 e. The van der Waals surface area contributed by atoms with Crippen LogP contribution < -0.4 is 5.32 Å². The van der Waals surface area contributed by atoms with Crippen molar-refractivity contribution < 1.29 is 5.11 Å². The maximum atomic E-state index is 9.62. The van der Waals surface area contributed by atoms with Crippen LogP contribution in [0.1, 0.15) is 45.4 Å². The quantitative estimate of drug-likeness (QED) is 0.682. The fourth-order valence-electron chi connectivity index (χ4n) is 3.10. The van der Waals surface area contributed by atoms with Gasteiger partial charge < -0.3 is 15.3 Å². The van der Waals surface area contributed by atoms with Crippen LogP contribution in [-0.2, 0) is 0 Å². The molecule has 2 unspecified atom stereocenters. The molecule has 3 heteroatoms. The summed E-state index contributed by atoms with van der Waals surface area (Å²) in [6.45, 7) is 4.89. The third kappa shape index (κ3) is 3.94. The van der Waals surface area contributed by atoms with Gasteiger partial charge in [0.15, 0.2) is 0 Å². The second-order valence-electron chi connectivity index (χ2n) is 5.60. The Morgan fingerprint density at radius 1 is 1.41 bits per heavy atom. The van der Waals surface area contributed by atoms with E-state index in [1.807, 2.05) is 7.05 Å². The van der Waals surface area contributed by atoms with Crippen LogP contribution >= 0.6 is 0 Å². The van der Waals surface area contributed by atoms with Crippen molar-refractivity contribution in [2.45, 2.75) is 51.0 Å². The van der Waals surface area contributed by atoms with Gasteiger partial charge >= 0.3 is 0 Å². The molecule has 1 rings (SSSR count). The van der Waals surface area contributed by atoms with Gasteiger partial charge in [-0.1, -0.05) is 19.8 Å². The smallest absolute Gasteiger partial charge is 0.0615 e. The van der Waals surface area contributed by atoms with Crippen molar-refractivity contribution in [3.63, 3.8) is 0 Å². The molecule has 1 saturated carbocycles. The first-order valence-electron chi connectivity index (χ1n) is 7.17. The van der Waals surface area contributed by atoms with Crippen LogP contribution in [0.2, 0.25) is 0 Å². The Morgan fingerprint density at radius 2 is 2.18 bits per heavy atom. The highest BCUT2D eigenvalue weighted by atomic mass is 16.3. The lowest BCUT2D eigenvalue weighted by Gasteiger charge is -2.34. The van der Waals surface area contributed by atoms with Crippen molar-refractivity contribution in [3.8, 4) is 0 Å². The Balaban J connectivity index is 2.35. The monoisotopic (exact) mass is 242 g/mol. The molecular weight excluding hydrogens is 212 g/mol. The Kier molecular flexibility index (Phi) is 6.45. The molecule has 0 aromatic rings. The number of nitrogens with zero attached hydrogens (tertiary/aromatic N) is 1. The molecule has 2 N–H and O–H groups in total. The van der Waals surface area contributed by atoms with E-state index in [9.17, 15) is 5.11 Å². The summed E-state index contributed by atoms with van der Waals surface area (Å²) >= 11 is 0. The van der Waals surface area contributed by atoms with E-state index in [-0.39, 0.29) is 12.1 Å². The van der Waals surface area contributed by atoms with E-state index in [2.05, 4.69) is 24.2 Å². The minimum atomic E-state index is 0.00555. The molecule has 1 aliphatic rings. The fraction of sp³-hybridized carbons (Fsp3) is 1.00. The zero-order valence-corrected chi connectivity index (χ0v) is 11.8. The standard InChI is InChI=1S/C14H30N2O/c1-4-5-10-16(3)11-8-13-7-6-9-14(13,12-17)15-2/h13,15,17H,4-12H2,1-3H3. The van der Waals surface area contributed by atoms with Gasteiger partial charge in [-0.3, -0.25) is 0 Å². The van der Waals surface area contributed by atoms with Gasteiger partial charge in [-0.15, -0.1) is 0 Å². The Bertz CT molecular complexity index is 204. The largest absolute Gasteiger partial charge is 0.394 e. The molecule has 1 fully saturated rings. The SMILES string of the molecule is CCCCN(C)CCC1CCCC1(CO)NC. The highest BCUT2D eigenvalue weighted by Crippen LogP contribution is 2.37. The molecule has 0 aliphatic heterocycles. The number of likely N-dealkylation sites (N-methyl/N-ethyl adjacent to an activating group) is 1. The van der Waals surface area contributed by atoms with Gasteiger partial charge in [0.05, 0.1) is 6.61 Å². The van der Waals surface area contributed by atoms with E-state index < -0.39 is 0 Å². The van der Waals surface area contributed by atoms with Crippen molar-refractivity contribution in [2.75, 3.05) is 33.8 Å². The average Bonchev–Trinajstić information content (AvgIpc) is 2.77. The summed E-state index contributed by atoms with van der Waals surface area (Å²) in [4.78, 5) is 2.43. The van der Waals surface area contributed by atoms with Gasteiger partial charge in [-0.25, -0.2) is 0 Å². The van der Waals surface area contributed by atoms with Crippen molar-refractivity contribution >= 4 is 0 Å². The minimum absolute atomic E-state index is 0.00555. The molecule has 1 aliphatic carbocycles. The normalized spacial score (nSPS) is 29.1. The number of hydrogen-bond donors (Lipinski definition) is 2. The zero-order valence-electron chi connectivity index (χ0n) is 11.8. The van der Waals surface area contributed by atoms with Gasteiger partial charge in [-0.2, -0.15) is 0 Å². The van der Waals surface area contributed by atoms with Crippen LogP contribution in [0.4, 0.5) is 0 Å². The average molecular weight is 242 g/mol. The molecule has 0 aromatic carbocycles. The van der Waals surface area contributed by atoms with E-state index >= 15 is 0 Å². The van der Waals surface area contributed by atoms with E-state index in [4.69, 9.17) is 0 Å². The summed E-state index contributed by atoms with van der Waals surface area (Å²) in [6, 6.07) is 0. The predicted molar refractivity (Wildman–Crippen MR) is 73.2 cm³/mol. The minimum Gasteiger partial charge on any atom is -0.394 e. The fourth-order valence-corrected chi connectivity index (χ4v) is 3.10. The zero-order chi connectivity index (χ0) is 12.7. The summed E-state index contributed by atoms with van der Waals surface area (Å²) in [5, 5.41) is 13.0. The number of nitrogens with one attached hydrogen (secondary N) is 1. The van der Waals surface area contributed by atoms with E-state index in [1.54, 1.807) is 0 Å². The number of rotatable bonds is 8. The van der Waals surface area contributed by atoms with Gasteiger partial charge in [0.1, 0.15) is 0 Å². The van der Waals surface area contributed by atoms with E-state index in [0.717, 1.165) is 13.0 Å². The van der Waals surface area contributed by atoms with Crippen molar-refractivity contribution in [3.05, 3.63) is 0 Å². The molecule has 0 radical (unpaired) electrons. The van der Waals surface area contributed by atoms with Crippen LogP contribution in [0.5, 0.6) is 0 Å². The van der Waals surface area contributed by atoms with Gasteiger partial charge in [-0.05, 0) is 58.8 Å².